The van der Waals surface area contributed by atoms with Gasteiger partial charge in [0.2, 0.25) is 5.91 Å². The van der Waals surface area contributed by atoms with Gasteiger partial charge in [-0.25, -0.2) is 0 Å². The number of amides is 1. The Morgan fingerprint density at radius 1 is 1.31 bits per heavy atom. The lowest BCUT2D eigenvalue weighted by atomic mass is 10.1. The minimum atomic E-state index is -0.345. The number of carbonyl (C=O) groups is 1. The van der Waals surface area contributed by atoms with Gasteiger partial charge in [0.05, 0.1) is 5.75 Å². The Hall–Kier alpha value is -2.77. The average molecular weight is 471 g/mol. The van der Waals surface area contributed by atoms with Gasteiger partial charge in [-0.1, -0.05) is 54.6 Å². The van der Waals surface area contributed by atoms with Crippen molar-refractivity contribution < 1.29 is 9.53 Å². The van der Waals surface area contributed by atoms with Crippen molar-refractivity contribution in [3.63, 3.8) is 0 Å². The van der Waals surface area contributed by atoms with Gasteiger partial charge in [-0.2, -0.15) is 0 Å². The van der Waals surface area contributed by atoms with E-state index < -0.39 is 0 Å². The standard InChI is InChI=1S/C24H27ClN4O2S/c1-5-13-29-23(17(4)31-21-12-11-19(25)14-16(21)3)27-28-24(29)32-15-22(30)26-20-10-8-7-9-18(20)6-2/h5,7-12,14,17H,1,6,13,15H2,2-4H3,(H,26,30). The molecule has 3 aromatic rings. The van der Waals surface area contributed by atoms with E-state index in [1.807, 2.05) is 54.8 Å². The molecule has 1 unspecified atom stereocenters. The second-order valence-electron chi connectivity index (χ2n) is 7.26. The zero-order chi connectivity index (χ0) is 23.1. The maximum atomic E-state index is 12.5. The molecule has 168 valence electrons. The summed E-state index contributed by atoms with van der Waals surface area (Å²) in [7, 11) is 0. The molecule has 0 saturated heterocycles. The van der Waals surface area contributed by atoms with Crippen molar-refractivity contribution in [2.45, 2.75) is 45.0 Å². The van der Waals surface area contributed by atoms with Crippen LogP contribution in [0.25, 0.3) is 0 Å². The van der Waals surface area contributed by atoms with Gasteiger partial charge in [0.15, 0.2) is 17.1 Å². The van der Waals surface area contributed by atoms with E-state index in [2.05, 4.69) is 29.0 Å². The van der Waals surface area contributed by atoms with Crippen LogP contribution in [-0.2, 0) is 17.8 Å². The van der Waals surface area contributed by atoms with Gasteiger partial charge in [0.1, 0.15) is 5.75 Å². The molecule has 0 aliphatic carbocycles. The van der Waals surface area contributed by atoms with Crippen LogP contribution in [0.3, 0.4) is 0 Å². The molecule has 0 spiro atoms. The topological polar surface area (TPSA) is 69.0 Å². The van der Waals surface area contributed by atoms with Crippen LogP contribution in [0.2, 0.25) is 5.02 Å². The Morgan fingerprint density at radius 3 is 2.81 bits per heavy atom. The summed E-state index contributed by atoms with van der Waals surface area (Å²) >= 11 is 7.37. The van der Waals surface area contributed by atoms with Gasteiger partial charge < -0.3 is 10.1 Å². The van der Waals surface area contributed by atoms with Gasteiger partial charge in [-0.05, 0) is 55.7 Å². The molecule has 1 heterocycles. The highest BCUT2D eigenvalue weighted by Crippen LogP contribution is 2.28. The third-order valence-corrected chi connectivity index (χ3v) is 6.07. The Morgan fingerprint density at radius 2 is 2.09 bits per heavy atom. The maximum Gasteiger partial charge on any atom is 0.234 e. The normalized spacial score (nSPS) is 11.8. The lowest BCUT2D eigenvalue weighted by Gasteiger charge is -2.17. The number of aromatic nitrogens is 3. The van der Waals surface area contributed by atoms with Crippen LogP contribution in [-0.4, -0.2) is 26.4 Å². The first kappa shape index (κ1) is 23.9. The Bertz CT molecular complexity index is 1100. The first-order valence-corrected chi connectivity index (χ1v) is 11.8. The van der Waals surface area contributed by atoms with Gasteiger partial charge in [-0.15, -0.1) is 16.8 Å². The minimum Gasteiger partial charge on any atom is -0.482 e. The van der Waals surface area contributed by atoms with E-state index in [9.17, 15) is 4.79 Å². The monoisotopic (exact) mass is 470 g/mol. The van der Waals surface area contributed by atoms with Crippen molar-refractivity contribution in [3.8, 4) is 5.75 Å². The summed E-state index contributed by atoms with van der Waals surface area (Å²) in [5, 5.41) is 12.9. The van der Waals surface area contributed by atoms with Crippen LogP contribution in [0.5, 0.6) is 5.75 Å². The number of aryl methyl sites for hydroxylation is 2. The number of ether oxygens (including phenoxy) is 1. The maximum absolute atomic E-state index is 12.5. The molecule has 0 radical (unpaired) electrons. The number of rotatable bonds is 10. The third kappa shape index (κ3) is 5.93. The van der Waals surface area contributed by atoms with Gasteiger partial charge >= 0.3 is 0 Å². The molecule has 0 bridgehead atoms. The number of carbonyl (C=O) groups excluding carboxylic acids is 1. The quantitative estimate of drug-likeness (QED) is 0.297. The highest BCUT2D eigenvalue weighted by atomic mass is 35.5. The first-order chi connectivity index (χ1) is 15.4. The lowest BCUT2D eigenvalue weighted by Crippen LogP contribution is -2.16. The molecule has 0 aliphatic rings. The van der Waals surface area contributed by atoms with Crippen molar-refractivity contribution in [1.82, 2.24) is 14.8 Å². The SMILES string of the molecule is C=CCn1c(SCC(=O)Nc2ccccc2CC)nnc1C(C)Oc1ccc(Cl)cc1C. The van der Waals surface area contributed by atoms with Crippen LogP contribution in [0.4, 0.5) is 5.69 Å². The van der Waals surface area contributed by atoms with Gasteiger partial charge in [0, 0.05) is 17.3 Å². The Balaban J connectivity index is 1.69. The summed E-state index contributed by atoms with van der Waals surface area (Å²) in [5.74, 6) is 1.53. The summed E-state index contributed by atoms with van der Waals surface area (Å²) < 4.78 is 8.03. The molecule has 0 aliphatic heterocycles. The summed E-state index contributed by atoms with van der Waals surface area (Å²) in [5.41, 5.74) is 2.89. The smallest absolute Gasteiger partial charge is 0.234 e. The zero-order valence-electron chi connectivity index (χ0n) is 18.5. The fourth-order valence-electron chi connectivity index (χ4n) is 3.26. The third-order valence-electron chi connectivity index (χ3n) is 4.87. The second-order valence-corrected chi connectivity index (χ2v) is 8.64. The van der Waals surface area contributed by atoms with E-state index in [1.165, 1.54) is 11.8 Å². The van der Waals surface area contributed by atoms with Crippen LogP contribution < -0.4 is 10.1 Å². The summed E-state index contributed by atoms with van der Waals surface area (Å²) in [6, 6.07) is 13.3. The number of thioether (sulfide) groups is 1. The number of benzene rings is 2. The molecular weight excluding hydrogens is 444 g/mol. The number of hydrogen-bond acceptors (Lipinski definition) is 5. The Kier molecular flexibility index (Phi) is 8.36. The van der Waals surface area contributed by atoms with Crippen molar-refractivity contribution in [1.29, 1.82) is 0 Å². The van der Waals surface area contributed by atoms with Crippen molar-refractivity contribution in [2.24, 2.45) is 0 Å². The zero-order valence-corrected chi connectivity index (χ0v) is 20.0. The van der Waals surface area contributed by atoms with Crippen LogP contribution in [0.15, 0.2) is 60.3 Å². The minimum absolute atomic E-state index is 0.0910. The lowest BCUT2D eigenvalue weighted by molar-refractivity contribution is -0.113. The highest BCUT2D eigenvalue weighted by molar-refractivity contribution is 7.99. The van der Waals surface area contributed by atoms with Crippen molar-refractivity contribution in [3.05, 3.63) is 77.1 Å². The molecule has 1 aromatic heterocycles. The van der Waals surface area contributed by atoms with E-state index in [0.29, 0.717) is 22.5 Å². The largest absolute Gasteiger partial charge is 0.482 e. The summed E-state index contributed by atoms with van der Waals surface area (Å²) in [4.78, 5) is 12.5. The van der Waals surface area contributed by atoms with E-state index in [-0.39, 0.29) is 17.8 Å². The molecule has 8 heteroatoms. The Labute approximate surface area is 198 Å². The van der Waals surface area contributed by atoms with E-state index in [1.54, 1.807) is 12.1 Å². The number of allylic oxidation sites excluding steroid dienone is 1. The van der Waals surface area contributed by atoms with Gasteiger partial charge in [0.25, 0.3) is 0 Å². The predicted molar refractivity (Wildman–Crippen MR) is 131 cm³/mol. The molecule has 1 amide bonds. The van der Waals surface area contributed by atoms with Crippen LogP contribution >= 0.6 is 23.4 Å². The first-order valence-electron chi connectivity index (χ1n) is 10.4. The number of para-hydroxylation sites is 1. The molecule has 2 aromatic carbocycles. The van der Waals surface area contributed by atoms with Crippen molar-refractivity contribution >= 4 is 35.0 Å². The fourth-order valence-corrected chi connectivity index (χ4v) is 4.24. The van der Waals surface area contributed by atoms with Crippen molar-refractivity contribution in [2.75, 3.05) is 11.1 Å². The van der Waals surface area contributed by atoms with E-state index in [4.69, 9.17) is 16.3 Å². The molecule has 1 atom stereocenters. The molecule has 32 heavy (non-hydrogen) atoms. The molecule has 6 nitrogen and oxygen atoms in total. The second kappa shape index (κ2) is 11.2. The van der Waals surface area contributed by atoms with E-state index >= 15 is 0 Å². The molecule has 0 fully saturated rings. The highest BCUT2D eigenvalue weighted by Gasteiger charge is 2.20. The summed E-state index contributed by atoms with van der Waals surface area (Å²) in [6.45, 7) is 10.3. The van der Waals surface area contributed by atoms with Gasteiger partial charge in [-0.3, -0.25) is 9.36 Å². The summed E-state index contributed by atoms with van der Waals surface area (Å²) in [6.07, 6.45) is 2.28. The van der Waals surface area contributed by atoms with E-state index in [0.717, 1.165) is 29.0 Å². The molecular formula is C24H27ClN4O2S. The number of halogens is 1. The number of nitrogens with one attached hydrogen (secondary N) is 1. The fraction of sp³-hybridized carbons (Fsp3) is 0.292. The molecule has 1 N–H and O–H groups in total. The number of nitrogens with zero attached hydrogens (tertiary/aromatic N) is 3. The number of hydrogen-bond donors (Lipinski definition) is 1. The van der Waals surface area contributed by atoms with Crippen LogP contribution in [0, 0.1) is 6.92 Å². The predicted octanol–water partition coefficient (Wildman–Crippen LogP) is 5.86. The number of anilines is 1. The van der Waals surface area contributed by atoms with Crippen LogP contribution in [0.1, 0.15) is 36.9 Å². The molecule has 3 rings (SSSR count). The average Bonchev–Trinajstić information content (AvgIpc) is 3.17. The molecule has 0 saturated carbocycles.